The van der Waals surface area contributed by atoms with Crippen LogP contribution in [0.3, 0.4) is 0 Å². The van der Waals surface area contributed by atoms with Crippen LogP contribution in [-0.2, 0) is 16.7 Å². The molecule has 108 valence electrons. The maximum absolute atomic E-state index is 11.9. The first-order chi connectivity index (χ1) is 9.38. The van der Waals surface area contributed by atoms with Crippen LogP contribution in [0.1, 0.15) is 57.4 Å². The van der Waals surface area contributed by atoms with E-state index < -0.39 is 17.2 Å². The zero-order valence-electron chi connectivity index (χ0n) is 12.2. The lowest BCUT2D eigenvalue weighted by Gasteiger charge is -2.22. The van der Waals surface area contributed by atoms with E-state index in [2.05, 4.69) is 16.4 Å². The Kier molecular flexibility index (Phi) is 2.88. The standard InChI is InChI=1S/C15H20N2O3/c1-14(2,3)20-13(18)17-15(8-9-15)12-16-10-6-4-5-7-11(10)19-12/h4,6H,5,7-9H2,1-3H3,(H,17,18). The highest BCUT2D eigenvalue weighted by Gasteiger charge is 2.51. The largest absolute Gasteiger partial charge is 0.444 e. The summed E-state index contributed by atoms with van der Waals surface area (Å²) in [7, 11) is 0. The van der Waals surface area contributed by atoms with Crippen molar-refractivity contribution < 1.29 is 13.9 Å². The van der Waals surface area contributed by atoms with Gasteiger partial charge in [-0.15, -0.1) is 0 Å². The molecule has 0 atom stereocenters. The first-order valence-corrected chi connectivity index (χ1v) is 7.06. The highest BCUT2D eigenvalue weighted by molar-refractivity contribution is 5.69. The number of nitrogens with one attached hydrogen (secondary N) is 1. The van der Waals surface area contributed by atoms with E-state index in [1.165, 1.54) is 0 Å². The average molecular weight is 276 g/mol. The highest BCUT2D eigenvalue weighted by atomic mass is 16.6. The Morgan fingerprint density at radius 2 is 2.20 bits per heavy atom. The van der Waals surface area contributed by atoms with Gasteiger partial charge in [0.1, 0.15) is 22.6 Å². The van der Waals surface area contributed by atoms with Crippen molar-refractivity contribution in [2.24, 2.45) is 0 Å². The number of alkyl carbamates (subject to hydrolysis) is 1. The molecule has 1 amide bonds. The maximum atomic E-state index is 11.9. The number of aromatic nitrogens is 1. The molecule has 1 heterocycles. The molecule has 5 nitrogen and oxygen atoms in total. The molecule has 0 unspecified atom stereocenters. The molecule has 0 saturated heterocycles. The van der Waals surface area contributed by atoms with Gasteiger partial charge in [0, 0.05) is 6.42 Å². The number of rotatable bonds is 2. The summed E-state index contributed by atoms with van der Waals surface area (Å²) in [5.74, 6) is 1.53. The van der Waals surface area contributed by atoms with E-state index in [-0.39, 0.29) is 0 Å². The van der Waals surface area contributed by atoms with Crippen LogP contribution in [0, 0.1) is 0 Å². The lowest BCUT2D eigenvalue weighted by molar-refractivity contribution is 0.0485. The van der Waals surface area contributed by atoms with Gasteiger partial charge in [-0.2, -0.15) is 0 Å². The minimum absolute atomic E-state index is 0.415. The first-order valence-electron chi connectivity index (χ1n) is 7.06. The van der Waals surface area contributed by atoms with E-state index in [1.54, 1.807) is 0 Å². The van der Waals surface area contributed by atoms with Crippen molar-refractivity contribution in [1.29, 1.82) is 0 Å². The summed E-state index contributed by atoms with van der Waals surface area (Å²) in [6.45, 7) is 5.54. The monoisotopic (exact) mass is 276 g/mol. The lowest BCUT2D eigenvalue weighted by atomic mass is 10.1. The van der Waals surface area contributed by atoms with Gasteiger partial charge in [-0.25, -0.2) is 9.78 Å². The molecule has 0 aliphatic heterocycles. The van der Waals surface area contributed by atoms with Crippen LogP contribution < -0.4 is 5.32 Å². The van der Waals surface area contributed by atoms with Gasteiger partial charge in [0.25, 0.3) is 0 Å². The van der Waals surface area contributed by atoms with E-state index in [0.29, 0.717) is 5.89 Å². The molecule has 1 saturated carbocycles. The molecule has 1 aromatic heterocycles. The number of oxazole rings is 1. The number of fused-ring (bicyclic) bond motifs is 1. The van der Waals surface area contributed by atoms with Gasteiger partial charge in [-0.05, 0) is 46.1 Å². The van der Waals surface area contributed by atoms with Gasteiger partial charge in [0.2, 0.25) is 5.89 Å². The van der Waals surface area contributed by atoms with Crippen molar-refractivity contribution in [3.05, 3.63) is 23.4 Å². The summed E-state index contributed by atoms with van der Waals surface area (Å²) in [4.78, 5) is 16.4. The third kappa shape index (κ3) is 2.57. The molecule has 5 heteroatoms. The SMILES string of the molecule is CC(C)(C)OC(=O)NC1(c2nc3c(o2)CCC=C3)CC1. The van der Waals surface area contributed by atoms with Gasteiger partial charge in [0.15, 0.2) is 0 Å². The van der Waals surface area contributed by atoms with E-state index in [4.69, 9.17) is 9.15 Å². The van der Waals surface area contributed by atoms with Crippen LogP contribution in [0.25, 0.3) is 6.08 Å². The number of carbonyl (C=O) groups excluding carboxylic acids is 1. The molecule has 1 N–H and O–H groups in total. The van der Waals surface area contributed by atoms with Crippen molar-refractivity contribution in [3.8, 4) is 0 Å². The van der Waals surface area contributed by atoms with Gasteiger partial charge in [-0.3, -0.25) is 0 Å². The van der Waals surface area contributed by atoms with Gasteiger partial charge < -0.3 is 14.5 Å². The van der Waals surface area contributed by atoms with Crippen molar-refractivity contribution in [3.63, 3.8) is 0 Å². The van der Waals surface area contributed by atoms with Crippen LogP contribution >= 0.6 is 0 Å². The fourth-order valence-electron chi connectivity index (χ4n) is 2.30. The third-order valence-corrected chi connectivity index (χ3v) is 3.44. The summed E-state index contributed by atoms with van der Waals surface area (Å²) in [5.41, 5.74) is -0.0739. The van der Waals surface area contributed by atoms with Crippen LogP contribution in [0.5, 0.6) is 0 Å². The second kappa shape index (κ2) is 4.36. The zero-order valence-corrected chi connectivity index (χ0v) is 12.2. The molecule has 0 bridgehead atoms. The molecule has 20 heavy (non-hydrogen) atoms. The van der Waals surface area contributed by atoms with E-state index in [9.17, 15) is 4.79 Å². The maximum Gasteiger partial charge on any atom is 0.408 e. The molecule has 0 spiro atoms. The predicted octanol–water partition coefficient (Wildman–Crippen LogP) is 3.15. The fraction of sp³-hybridized carbons (Fsp3) is 0.600. The average Bonchev–Trinajstić information content (AvgIpc) is 2.97. The lowest BCUT2D eigenvalue weighted by Crippen LogP contribution is -2.39. The Morgan fingerprint density at radius 3 is 2.80 bits per heavy atom. The normalized spacial score (nSPS) is 19.4. The number of aryl methyl sites for hydroxylation is 1. The van der Waals surface area contributed by atoms with Gasteiger partial charge in [0.05, 0.1) is 0 Å². The second-order valence-corrected chi connectivity index (χ2v) is 6.48. The number of allylic oxidation sites excluding steroid dienone is 1. The Balaban J connectivity index is 1.74. The van der Waals surface area contributed by atoms with Crippen molar-refractivity contribution in [2.75, 3.05) is 0 Å². The molecular weight excluding hydrogens is 256 g/mol. The quantitative estimate of drug-likeness (QED) is 0.901. The molecule has 1 aromatic rings. The number of ether oxygens (including phenoxy) is 1. The molecule has 0 radical (unpaired) electrons. The van der Waals surface area contributed by atoms with Crippen molar-refractivity contribution in [1.82, 2.24) is 10.3 Å². The third-order valence-electron chi connectivity index (χ3n) is 3.44. The fourth-order valence-corrected chi connectivity index (χ4v) is 2.30. The van der Waals surface area contributed by atoms with E-state index in [1.807, 2.05) is 26.8 Å². The summed E-state index contributed by atoms with van der Waals surface area (Å²) in [6, 6.07) is 0. The number of amides is 1. The Labute approximate surface area is 118 Å². The smallest absolute Gasteiger partial charge is 0.408 e. The first kappa shape index (κ1) is 13.2. The predicted molar refractivity (Wildman–Crippen MR) is 74.1 cm³/mol. The van der Waals surface area contributed by atoms with E-state index in [0.717, 1.165) is 37.1 Å². The number of hydrogen-bond acceptors (Lipinski definition) is 4. The second-order valence-electron chi connectivity index (χ2n) is 6.48. The number of carbonyl (C=O) groups is 1. The van der Waals surface area contributed by atoms with E-state index >= 15 is 0 Å². The zero-order chi connectivity index (χ0) is 14.4. The minimum atomic E-state index is -0.501. The van der Waals surface area contributed by atoms with Gasteiger partial charge in [-0.1, -0.05) is 6.08 Å². The van der Waals surface area contributed by atoms with Crippen LogP contribution in [0.4, 0.5) is 4.79 Å². The minimum Gasteiger partial charge on any atom is -0.444 e. The number of hydrogen-bond donors (Lipinski definition) is 1. The molecule has 3 rings (SSSR count). The number of nitrogens with zero attached hydrogens (tertiary/aromatic N) is 1. The summed E-state index contributed by atoms with van der Waals surface area (Å²) in [5, 5.41) is 2.91. The molecule has 2 aliphatic rings. The van der Waals surface area contributed by atoms with Crippen LogP contribution in [0.2, 0.25) is 0 Å². The summed E-state index contributed by atoms with van der Waals surface area (Å²) < 4.78 is 11.1. The molecular formula is C15H20N2O3. The summed E-state index contributed by atoms with van der Waals surface area (Å²) >= 11 is 0. The Hall–Kier alpha value is -1.78. The van der Waals surface area contributed by atoms with Crippen molar-refractivity contribution in [2.45, 2.75) is 57.6 Å². The Bertz CT molecular complexity index is 562. The summed E-state index contributed by atoms with van der Waals surface area (Å²) in [6.07, 6.45) is 7.20. The topological polar surface area (TPSA) is 64.4 Å². The van der Waals surface area contributed by atoms with Gasteiger partial charge >= 0.3 is 6.09 Å². The van der Waals surface area contributed by atoms with Crippen LogP contribution in [-0.4, -0.2) is 16.7 Å². The molecule has 2 aliphatic carbocycles. The molecule has 0 aromatic carbocycles. The highest BCUT2D eigenvalue weighted by Crippen LogP contribution is 2.46. The molecule has 1 fully saturated rings. The van der Waals surface area contributed by atoms with Crippen LogP contribution in [0.15, 0.2) is 10.5 Å². The van der Waals surface area contributed by atoms with Crippen molar-refractivity contribution >= 4 is 12.2 Å². The Morgan fingerprint density at radius 1 is 1.45 bits per heavy atom.